The lowest BCUT2D eigenvalue weighted by Crippen LogP contribution is -2.30. The first-order chi connectivity index (χ1) is 9.90. The minimum absolute atomic E-state index is 0.202. The molecule has 1 aliphatic carbocycles. The van der Waals surface area contributed by atoms with Crippen molar-refractivity contribution in [1.82, 2.24) is 0 Å². The fraction of sp³-hybridized carbons (Fsp3) is 0.526. The summed E-state index contributed by atoms with van der Waals surface area (Å²) in [5.74, 6) is 1.37. The third kappa shape index (κ3) is 3.55. The highest BCUT2D eigenvalue weighted by molar-refractivity contribution is 6.02. The number of carbonyl (C=O) groups excluding carboxylic acids is 1. The predicted octanol–water partition coefficient (Wildman–Crippen LogP) is 4.41. The molecule has 0 spiro atoms. The SMILES string of the molecule is CC(C)[C@@H]1CC[C@@H](C)/C(=C\c2ccc(N(C)C)cc2)C1=O. The molecule has 0 aliphatic heterocycles. The van der Waals surface area contributed by atoms with Gasteiger partial charge in [-0.25, -0.2) is 0 Å². The molecule has 0 radical (unpaired) electrons. The molecule has 0 bridgehead atoms. The van der Waals surface area contributed by atoms with E-state index in [0.717, 1.165) is 24.0 Å². The lowest BCUT2D eigenvalue weighted by atomic mass is 9.73. The van der Waals surface area contributed by atoms with Crippen LogP contribution in [0.4, 0.5) is 5.69 Å². The smallest absolute Gasteiger partial charge is 0.162 e. The van der Waals surface area contributed by atoms with Crippen LogP contribution in [-0.4, -0.2) is 19.9 Å². The Morgan fingerprint density at radius 2 is 1.76 bits per heavy atom. The van der Waals surface area contributed by atoms with Gasteiger partial charge in [0.05, 0.1) is 0 Å². The zero-order valence-electron chi connectivity index (χ0n) is 13.9. The van der Waals surface area contributed by atoms with Crippen molar-refractivity contribution in [2.75, 3.05) is 19.0 Å². The average molecular weight is 285 g/mol. The molecule has 1 aromatic rings. The molecule has 2 rings (SSSR count). The number of carbonyl (C=O) groups is 1. The second kappa shape index (κ2) is 6.46. The van der Waals surface area contributed by atoms with E-state index in [2.05, 4.69) is 56.0 Å². The molecule has 1 saturated carbocycles. The summed E-state index contributed by atoms with van der Waals surface area (Å²) >= 11 is 0. The Balaban J connectivity index is 2.26. The molecule has 0 amide bonds. The summed E-state index contributed by atoms with van der Waals surface area (Å²) in [7, 11) is 4.07. The van der Waals surface area contributed by atoms with Gasteiger partial charge in [0.15, 0.2) is 5.78 Å². The molecule has 21 heavy (non-hydrogen) atoms. The Morgan fingerprint density at radius 3 is 2.29 bits per heavy atom. The molecule has 0 N–H and O–H groups in total. The molecular weight excluding hydrogens is 258 g/mol. The third-order valence-corrected chi connectivity index (χ3v) is 4.60. The van der Waals surface area contributed by atoms with E-state index in [-0.39, 0.29) is 5.92 Å². The van der Waals surface area contributed by atoms with Gasteiger partial charge in [0.2, 0.25) is 0 Å². The quantitative estimate of drug-likeness (QED) is 0.767. The first kappa shape index (κ1) is 15.8. The van der Waals surface area contributed by atoms with Gasteiger partial charge in [-0.05, 0) is 54.0 Å². The Kier molecular flexibility index (Phi) is 4.87. The number of rotatable bonds is 3. The van der Waals surface area contributed by atoms with Gasteiger partial charge in [-0.1, -0.05) is 32.9 Å². The van der Waals surface area contributed by atoms with E-state index in [1.54, 1.807) is 0 Å². The lowest BCUT2D eigenvalue weighted by molar-refractivity contribution is -0.122. The fourth-order valence-electron chi connectivity index (χ4n) is 3.07. The van der Waals surface area contributed by atoms with Crippen molar-refractivity contribution < 1.29 is 4.79 Å². The Morgan fingerprint density at radius 1 is 1.14 bits per heavy atom. The normalized spacial score (nSPS) is 24.7. The van der Waals surface area contributed by atoms with Crippen LogP contribution in [0.25, 0.3) is 6.08 Å². The number of hydrogen-bond acceptors (Lipinski definition) is 2. The van der Waals surface area contributed by atoms with E-state index in [1.165, 1.54) is 5.69 Å². The summed E-state index contributed by atoms with van der Waals surface area (Å²) in [5, 5.41) is 0. The molecule has 2 atom stereocenters. The molecule has 114 valence electrons. The second-order valence-corrected chi connectivity index (χ2v) is 6.78. The highest BCUT2D eigenvalue weighted by Crippen LogP contribution is 2.35. The van der Waals surface area contributed by atoms with Crippen molar-refractivity contribution in [2.24, 2.45) is 17.8 Å². The number of anilines is 1. The molecule has 2 heteroatoms. The zero-order valence-corrected chi connectivity index (χ0v) is 13.9. The Bertz CT molecular complexity index is 525. The van der Waals surface area contributed by atoms with E-state index < -0.39 is 0 Å². The molecule has 0 saturated heterocycles. The van der Waals surface area contributed by atoms with Gasteiger partial charge in [0.25, 0.3) is 0 Å². The molecule has 2 nitrogen and oxygen atoms in total. The maximum atomic E-state index is 12.7. The van der Waals surface area contributed by atoms with Gasteiger partial charge < -0.3 is 4.90 Å². The van der Waals surface area contributed by atoms with Gasteiger partial charge in [-0.3, -0.25) is 4.79 Å². The van der Waals surface area contributed by atoms with Gasteiger partial charge in [0.1, 0.15) is 0 Å². The molecule has 1 fully saturated rings. The van der Waals surface area contributed by atoms with E-state index in [9.17, 15) is 4.79 Å². The Hall–Kier alpha value is -1.57. The summed E-state index contributed by atoms with van der Waals surface area (Å²) < 4.78 is 0. The minimum Gasteiger partial charge on any atom is -0.378 e. The van der Waals surface area contributed by atoms with Crippen LogP contribution < -0.4 is 4.90 Å². The summed E-state index contributed by atoms with van der Waals surface area (Å²) in [6.07, 6.45) is 4.26. The average Bonchev–Trinajstić information content (AvgIpc) is 2.43. The molecule has 0 heterocycles. The van der Waals surface area contributed by atoms with Crippen LogP contribution >= 0.6 is 0 Å². The van der Waals surface area contributed by atoms with Crippen LogP contribution in [0, 0.1) is 17.8 Å². The summed E-state index contributed by atoms with van der Waals surface area (Å²) in [5.41, 5.74) is 3.32. The first-order valence-electron chi connectivity index (χ1n) is 7.93. The summed E-state index contributed by atoms with van der Waals surface area (Å²) in [6, 6.07) is 8.40. The van der Waals surface area contributed by atoms with Crippen LogP contribution in [0.1, 0.15) is 39.2 Å². The van der Waals surface area contributed by atoms with Gasteiger partial charge in [-0.15, -0.1) is 0 Å². The molecule has 0 aromatic heterocycles. The number of nitrogens with zero attached hydrogens (tertiary/aromatic N) is 1. The molecule has 1 aliphatic rings. The number of allylic oxidation sites excluding steroid dienone is 1. The highest BCUT2D eigenvalue weighted by atomic mass is 16.1. The zero-order chi connectivity index (χ0) is 15.6. The number of ketones is 1. The van der Waals surface area contributed by atoms with Crippen LogP contribution in [0.15, 0.2) is 29.8 Å². The lowest BCUT2D eigenvalue weighted by Gasteiger charge is -2.30. The fourth-order valence-corrected chi connectivity index (χ4v) is 3.07. The van der Waals surface area contributed by atoms with Crippen molar-refractivity contribution in [3.8, 4) is 0 Å². The van der Waals surface area contributed by atoms with Crippen molar-refractivity contribution in [3.05, 3.63) is 35.4 Å². The molecule has 0 unspecified atom stereocenters. The van der Waals surface area contributed by atoms with Gasteiger partial charge in [-0.2, -0.15) is 0 Å². The monoisotopic (exact) mass is 285 g/mol. The van der Waals surface area contributed by atoms with Crippen molar-refractivity contribution in [2.45, 2.75) is 33.6 Å². The second-order valence-electron chi connectivity index (χ2n) is 6.78. The van der Waals surface area contributed by atoms with Crippen molar-refractivity contribution in [3.63, 3.8) is 0 Å². The van der Waals surface area contributed by atoms with Crippen LogP contribution in [0.3, 0.4) is 0 Å². The first-order valence-corrected chi connectivity index (χ1v) is 7.93. The van der Waals surface area contributed by atoms with E-state index in [4.69, 9.17) is 0 Å². The van der Waals surface area contributed by atoms with E-state index >= 15 is 0 Å². The van der Waals surface area contributed by atoms with Crippen molar-refractivity contribution >= 4 is 17.5 Å². The standard InChI is InChI=1S/C19H27NO/c1-13(2)17-11-6-14(3)18(19(17)21)12-15-7-9-16(10-8-15)20(4)5/h7-10,12-14,17H,6,11H2,1-5H3/b18-12+/t14-,17+/m1/s1. The van der Waals surface area contributed by atoms with Gasteiger partial charge in [0, 0.05) is 25.7 Å². The number of hydrogen-bond donors (Lipinski definition) is 0. The highest BCUT2D eigenvalue weighted by Gasteiger charge is 2.32. The van der Waals surface area contributed by atoms with Crippen LogP contribution in [0.5, 0.6) is 0 Å². The predicted molar refractivity (Wildman–Crippen MR) is 90.5 cm³/mol. The van der Waals surface area contributed by atoms with E-state index in [0.29, 0.717) is 17.6 Å². The Labute approximate surface area is 128 Å². The van der Waals surface area contributed by atoms with Gasteiger partial charge >= 0.3 is 0 Å². The van der Waals surface area contributed by atoms with Crippen molar-refractivity contribution in [1.29, 1.82) is 0 Å². The molecular formula is C19H27NO. The number of Topliss-reactive ketones (excluding diaryl/α,β-unsaturated/α-hetero) is 1. The topological polar surface area (TPSA) is 20.3 Å². The largest absolute Gasteiger partial charge is 0.378 e. The maximum absolute atomic E-state index is 12.7. The third-order valence-electron chi connectivity index (χ3n) is 4.60. The summed E-state index contributed by atoms with van der Waals surface area (Å²) in [6.45, 7) is 6.48. The van der Waals surface area contributed by atoms with E-state index in [1.807, 2.05) is 14.1 Å². The van der Waals surface area contributed by atoms with Crippen LogP contribution in [0.2, 0.25) is 0 Å². The number of benzene rings is 1. The minimum atomic E-state index is 0.202. The molecule has 1 aromatic carbocycles. The summed E-state index contributed by atoms with van der Waals surface area (Å²) in [4.78, 5) is 14.8. The van der Waals surface area contributed by atoms with Crippen LogP contribution in [-0.2, 0) is 4.79 Å². The maximum Gasteiger partial charge on any atom is 0.162 e.